The molecule has 2 aliphatic heterocycles. The quantitative estimate of drug-likeness (QED) is 0.664. The fourth-order valence-corrected chi connectivity index (χ4v) is 2.72. The number of aliphatic hydroxyl groups is 1. The third kappa shape index (κ3) is 1.51. The zero-order chi connectivity index (χ0) is 10.3. The van der Waals surface area contributed by atoms with E-state index in [9.17, 15) is 9.50 Å². The lowest BCUT2D eigenvalue weighted by Gasteiger charge is -2.36. The number of ether oxygens (including phenoxy) is 1. The van der Waals surface area contributed by atoms with Gasteiger partial charge in [-0.05, 0) is 6.42 Å². The average Bonchev–Trinajstić information content (AvgIpc) is 2.52. The van der Waals surface area contributed by atoms with E-state index in [2.05, 4.69) is 4.99 Å². The minimum Gasteiger partial charge on any atom is -0.387 e. The summed E-state index contributed by atoms with van der Waals surface area (Å²) < 4.78 is 19.1. The highest BCUT2D eigenvalue weighted by Crippen LogP contribution is 2.37. The molecule has 2 aliphatic rings. The topological polar surface area (TPSA) is 67.8 Å². The van der Waals surface area contributed by atoms with Crippen molar-refractivity contribution in [2.45, 2.75) is 43.2 Å². The smallest absolute Gasteiger partial charge is 0.157 e. The van der Waals surface area contributed by atoms with Gasteiger partial charge in [-0.15, -0.1) is 0 Å². The summed E-state index contributed by atoms with van der Waals surface area (Å²) >= 11 is 1.23. The summed E-state index contributed by atoms with van der Waals surface area (Å²) in [5.74, 6) is 0. The summed E-state index contributed by atoms with van der Waals surface area (Å²) in [4.78, 5) is 3.91. The first-order valence-electron chi connectivity index (χ1n) is 4.61. The van der Waals surface area contributed by atoms with Crippen LogP contribution in [0.1, 0.15) is 13.3 Å². The van der Waals surface area contributed by atoms with Crippen LogP contribution in [0.25, 0.3) is 0 Å². The van der Waals surface area contributed by atoms with Crippen LogP contribution in [0.15, 0.2) is 4.99 Å². The van der Waals surface area contributed by atoms with Crippen LogP contribution >= 0.6 is 11.8 Å². The summed E-state index contributed by atoms with van der Waals surface area (Å²) in [6.07, 6.45) is -2.31. The molecule has 0 spiro atoms. The van der Waals surface area contributed by atoms with Crippen LogP contribution in [-0.2, 0) is 4.74 Å². The highest BCUT2D eigenvalue weighted by atomic mass is 32.2. The van der Waals surface area contributed by atoms with Gasteiger partial charge in [0.1, 0.15) is 17.6 Å². The molecule has 0 aromatic rings. The molecular weight excluding hydrogens is 207 g/mol. The Morgan fingerprint density at radius 1 is 1.71 bits per heavy atom. The molecule has 0 amide bonds. The van der Waals surface area contributed by atoms with Crippen LogP contribution in [0.2, 0.25) is 0 Å². The molecule has 0 saturated carbocycles. The van der Waals surface area contributed by atoms with Crippen molar-refractivity contribution in [1.29, 1.82) is 0 Å². The number of nitrogens with zero attached hydrogens (tertiary/aromatic N) is 1. The first kappa shape index (κ1) is 10.2. The van der Waals surface area contributed by atoms with E-state index in [1.807, 2.05) is 6.92 Å². The molecule has 0 aliphatic carbocycles. The highest BCUT2D eigenvalue weighted by molar-refractivity contribution is 8.14. The molecule has 1 fully saturated rings. The van der Waals surface area contributed by atoms with Crippen LogP contribution in [0.4, 0.5) is 4.39 Å². The number of rotatable bonds is 1. The predicted octanol–water partition coefficient (Wildman–Crippen LogP) is 0.250. The third-order valence-electron chi connectivity index (χ3n) is 2.54. The fraction of sp³-hybridized carbons (Fsp3) is 0.875. The highest BCUT2D eigenvalue weighted by Gasteiger charge is 2.48. The zero-order valence-electron chi connectivity index (χ0n) is 7.76. The Labute approximate surface area is 85.7 Å². The number of amidine groups is 1. The van der Waals surface area contributed by atoms with Crippen LogP contribution < -0.4 is 5.73 Å². The maximum Gasteiger partial charge on any atom is 0.157 e. The van der Waals surface area contributed by atoms with E-state index in [4.69, 9.17) is 10.5 Å². The van der Waals surface area contributed by atoms with Crippen LogP contribution in [0.3, 0.4) is 0 Å². The molecule has 0 radical (unpaired) electrons. The van der Waals surface area contributed by atoms with Crippen molar-refractivity contribution < 1.29 is 14.2 Å². The molecule has 2 rings (SSSR count). The van der Waals surface area contributed by atoms with Crippen molar-refractivity contribution in [1.82, 2.24) is 0 Å². The molecule has 2 heterocycles. The van der Waals surface area contributed by atoms with Crippen molar-refractivity contribution in [2.75, 3.05) is 0 Å². The van der Waals surface area contributed by atoms with Gasteiger partial charge in [-0.1, -0.05) is 18.7 Å². The van der Waals surface area contributed by atoms with Gasteiger partial charge in [0, 0.05) is 0 Å². The first-order valence-corrected chi connectivity index (χ1v) is 5.49. The lowest BCUT2D eigenvalue weighted by atomic mass is 9.98. The van der Waals surface area contributed by atoms with Gasteiger partial charge in [0.25, 0.3) is 0 Å². The summed E-state index contributed by atoms with van der Waals surface area (Å²) in [6, 6.07) is -0.641. The number of halogens is 1. The van der Waals surface area contributed by atoms with Crippen molar-refractivity contribution in [3.8, 4) is 0 Å². The molecular formula is C8H13FN2O2S. The van der Waals surface area contributed by atoms with Gasteiger partial charge in [0.2, 0.25) is 0 Å². The van der Waals surface area contributed by atoms with E-state index in [1.54, 1.807) is 0 Å². The van der Waals surface area contributed by atoms with Gasteiger partial charge < -0.3 is 15.6 Å². The Hall–Kier alpha value is -0.330. The zero-order valence-corrected chi connectivity index (χ0v) is 8.58. The largest absolute Gasteiger partial charge is 0.387 e. The predicted molar refractivity (Wildman–Crippen MR) is 52.9 cm³/mol. The monoisotopic (exact) mass is 220 g/mol. The average molecular weight is 220 g/mol. The van der Waals surface area contributed by atoms with Gasteiger partial charge >= 0.3 is 0 Å². The normalized spacial score (nSPS) is 47.4. The van der Waals surface area contributed by atoms with Crippen molar-refractivity contribution in [3.63, 3.8) is 0 Å². The number of thioether (sulfide) groups is 1. The van der Waals surface area contributed by atoms with E-state index in [0.29, 0.717) is 11.6 Å². The van der Waals surface area contributed by atoms with Gasteiger partial charge in [0.05, 0.1) is 6.10 Å². The second-order valence-electron chi connectivity index (χ2n) is 3.46. The minimum atomic E-state index is -1.37. The second kappa shape index (κ2) is 3.67. The summed E-state index contributed by atoms with van der Waals surface area (Å²) in [7, 11) is 0. The van der Waals surface area contributed by atoms with Gasteiger partial charge in [-0.3, -0.25) is 4.99 Å². The molecule has 5 atom stereocenters. The van der Waals surface area contributed by atoms with Gasteiger partial charge in [-0.2, -0.15) is 0 Å². The van der Waals surface area contributed by atoms with E-state index in [0.717, 1.165) is 0 Å². The van der Waals surface area contributed by atoms with Crippen LogP contribution in [0.5, 0.6) is 0 Å². The molecule has 0 aromatic heterocycles. The number of hydrogen-bond acceptors (Lipinski definition) is 5. The lowest BCUT2D eigenvalue weighted by molar-refractivity contribution is -0.131. The Bertz CT molecular complexity index is 264. The maximum atomic E-state index is 13.6. The Kier molecular flexibility index (Phi) is 2.68. The lowest BCUT2D eigenvalue weighted by Crippen LogP contribution is -2.52. The molecule has 3 N–H and O–H groups in total. The number of aliphatic hydroxyl groups excluding tert-OH is 1. The summed E-state index contributed by atoms with van der Waals surface area (Å²) in [6.45, 7) is 1.85. The number of hydrogen-bond donors (Lipinski definition) is 2. The molecule has 0 unspecified atom stereocenters. The molecule has 1 saturated heterocycles. The summed E-state index contributed by atoms with van der Waals surface area (Å²) in [5.41, 5.74) is 5.11. The van der Waals surface area contributed by atoms with Crippen molar-refractivity contribution in [2.24, 2.45) is 10.7 Å². The van der Waals surface area contributed by atoms with E-state index in [1.165, 1.54) is 11.8 Å². The minimum absolute atomic E-state index is 0.339. The molecule has 0 bridgehead atoms. The molecule has 14 heavy (non-hydrogen) atoms. The Morgan fingerprint density at radius 2 is 2.43 bits per heavy atom. The number of fused-ring (bicyclic) bond motifs is 1. The summed E-state index contributed by atoms with van der Waals surface area (Å²) in [5, 5.41) is 9.89. The molecule has 80 valence electrons. The Morgan fingerprint density at radius 3 is 3.07 bits per heavy atom. The maximum absolute atomic E-state index is 13.6. The Balaban J connectivity index is 2.14. The first-order chi connectivity index (χ1) is 6.63. The standard InChI is InChI=1S/C8H13FN2O2S/c1-2-3-6(12)4(9)5-7(13-3)14-8(10)11-5/h3-7,12H,2H2,1H3,(H2,10,11)/t3-,4-,5-,6-,7-/m1/s1. The van der Waals surface area contributed by atoms with E-state index in [-0.39, 0.29) is 5.44 Å². The molecule has 4 nitrogen and oxygen atoms in total. The van der Waals surface area contributed by atoms with Crippen molar-refractivity contribution in [3.05, 3.63) is 0 Å². The van der Waals surface area contributed by atoms with Crippen molar-refractivity contribution >= 4 is 16.9 Å². The van der Waals surface area contributed by atoms with Crippen LogP contribution in [0, 0.1) is 0 Å². The van der Waals surface area contributed by atoms with Crippen LogP contribution in [-0.4, -0.2) is 40.1 Å². The number of alkyl halides is 1. The SMILES string of the molecule is CC[C@H]1O[C@@H]2SC(N)=N[C@@H]2[C@@H](F)[C@@H]1O. The molecule has 0 aromatic carbocycles. The number of aliphatic imine (C=N–C) groups is 1. The van der Waals surface area contributed by atoms with Gasteiger partial charge in [0.15, 0.2) is 11.3 Å². The third-order valence-corrected chi connectivity index (χ3v) is 3.51. The second-order valence-corrected chi connectivity index (χ2v) is 4.58. The van der Waals surface area contributed by atoms with Gasteiger partial charge in [-0.25, -0.2) is 4.39 Å². The van der Waals surface area contributed by atoms with E-state index >= 15 is 0 Å². The fourth-order valence-electron chi connectivity index (χ4n) is 1.75. The molecule has 6 heteroatoms. The number of nitrogens with two attached hydrogens (primary N) is 1. The van der Waals surface area contributed by atoms with E-state index < -0.39 is 24.4 Å².